The first-order valence-corrected chi connectivity index (χ1v) is 8.79. The number of ether oxygens (including phenoxy) is 2. The van der Waals surface area contributed by atoms with Gasteiger partial charge in [-0.25, -0.2) is 9.37 Å². The summed E-state index contributed by atoms with van der Waals surface area (Å²) in [6.45, 7) is 1.01. The number of likely N-dealkylation sites (tertiary alicyclic amines) is 1. The van der Waals surface area contributed by atoms with Crippen molar-refractivity contribution in [1.29, 1.82) is 0 Å². The molecule has 1 aliphatic heterocycles. The van der Waals surface area contributed by atoms with Crippen LogP contribution in [-0.2, 0) is 0 Å². The van der Waals surface area contributed by atoms with Gasteiger partial charge in [-0.05, 0) is 30.3 Å². The molecule has 6 heteroatoms. The van der Waals surface area contributed by atoms with Crippen LogP contribution in [0.4, 0.5) is 4.39 Å². The van der Waals surface area contributed by atoms with Crippen molar-refractivity contribution in [3.05, 3.63) is 66.0 Å². The highest BCUT2D eigenvalue weighted by atomic mass is 19.1. The van der Waals surface area contributed by atoms with Gasteiger partial charge in [0.1, 0.15) is 6.10 Å². The largest absolute Gasteiger partial charge is 0.494 e. The number of pyridine rings is 1. The molecule has 1 atom stereocenters. The minimum absolute atomic E-state index is 0.122. The van der Waals surface area contributed by atoms with Crippen molar-refractivity contribution in [3.63, 3.8) is 0 Å². The third-order valence-corrected chi connectivity index (χ3v) is 4.69. The Labute approximate surface area is 156 Å². The van der Waals surface area contributed by atoms with Crippen LogP contribution in [0.2, 0.25) is 0 Å². The standard InChI is InChI=1S/C21H19FN2O3/c1-26-19-8-6-15(12-17(19)22)21(25)24-11-10-16(13-24)27-20-9-7-14-4-2-3-5-18(14)23-20/h2-9,12,16H,10-11,13H2,1H3. The smallest absolute Gasteiger partial charge is 0.254 e. The van der Waals surface area contributed by atoms with Crippen molar-refractivity contribution in [3.8, 4) is 11.6 Å². The Morgan fingerprint density at radius 2 is 2.04 bits per heavy atom. The van der Waals surface area contributed by atoms with Gasteiger partial charge in [0.2, 0.25) is 5.88 Å². The summed E-state index contributed by atoms with van der Waals surface area (Å²) in [7, 11) is 1.39. The molecular formula is C21H19FN2O3. The molecular weight excluding hydrogens is 347 g/mol. The summed E-state index contributed by atoms with van der Waals surface area (Å²) in [5, 5.41) is 1.05. The van der Waals surface area contributed by atoms with Gasteiger partial charge in [0.15, 0.2) is 11.6 Å². The van der Waals surface area contributed by atoms with Gasteiger partial charge in [0, 0.05) is 30.0 Å². The van der Waals surface area contributed by atoms with Gasteiger partial charge < -0.3 is 14.4 Å². The molecule has 1 saturated heterocycles. The number of para-hydroxylation sites is 1. The van der Waals surface area contributed by atoms with Crippen LogP contribution in [0.1, 0.15) is 16.8 Å². The lowest BCUT2D eigenvalue weighted by atomic mass is 10.2. The lowest BCUT2D eigenvalue weighted by Gasteiger charge is -2.17. The average Bonchev–Trinajstić information content (AvgIpc) is 3.15. The van der Waals surface area contributed by atoms with Crippen molar-refractivity contribution >= 4 is 16.8 Å². The Bertz CT molecular complexity index is 992. The van der Waals surface area contributed by atoms with E-state index in [9.17, 15) is 9.18 Å². The first-order chi connectivity index (χ1) is 13.1. The van der Waals surface area contributed by atoms with E-state index < -0.39 is 5.82 Å². The van der Waals surface area contributed by atoms with E-state index in [4.69, 9.17) is 9.47 Å². The summed E-state index contributed by atoms with van der Waals surface area (Å²) in [6, 6.07) is 15.9. The van der Waals surface area contributed by atoms with Crippen molar-refractivity contribution < 1.29 is 18.7 Å². The molecule has 0 aliphatic carbocycles. The topological polar surface area (TPSA) is 51.7 Å². The predicted octanol–water partition coefficient (Wildman–Crippen LogP) is 3.68. The second-order valence-electron chi connectivity index (χ2n) is 6.47. The number of hydrogen-bond acceptors (Lipinski definition) is 4. The van der Waals surface area contributed by atoms with Gasteiger partial charge in [-0.15, -0.1) is 0 Å². The Hall–Kier alpha value is -3.15. The van der Waals surface area contributed by atoms with Crippen molar-refractivity contribution in [2.24, 2.45) is 0 Å². The molecule has 2 aromatic carbocycles. The van der Waals surface area contributed by atoms with Gasteiger partial charge in [-0.1, -0.05) is 18.2 Å². The Morgan fingerprint density at radius 3 is 2.85 bits per heavy atom. The van der Waals surface area contributed by atoms with Gasteiger partial charge in [-0.2, -0.15) is 0 Å². The van der Waals surface area contributed by atoms with E-state index in [1.54, 1.807) is 11.0 Å². The number of benzene rings is 2. The molecule has 3 aromatic rings. The van der Waals surface area contributed by atoms with E-state index in [2.05, 4.69) is 4.98 Å². The number of methoxy groups -OCH3 is 1. The molecule has 2 heterocycles. The average molecular weight is 366 g/mol. The molecule has 0 spiro atoms. The molecule has 1 fully saturated rings. The maximum atomic E-state index is 13.9. The third kappa shape index (κ3) is 3.56. The zero-order valence-corrected chi connectivity index (χ0v) is 14.9. The maximum absolute atomic E-state index is 13.9. The summed E-state index contributed by atoms with van der Waals surface area (Å²) in [5.41, 5.74) is 1.17. The summed E-state index contributed by atoms with van der Waals surface area (Å²) in [5.74, 6) is -0.0927. The Kier molecular flexibility index (Phi) is 4.62. The number of carbonyl (C=O) groups is 1. The van der Waals surface area contributed by atoms with E-state index in [-0.39, 0.29) is 17.8 Å². The molecule has 0 N–H and O–H groups in total. The van der Waals surface area contributed by atoms with Crippen LogP contribution >= 0.6 is 0 Å². The Balaban J connectivity index is 1.43. The van der Waals surface area contributed by atoms with Crippen LogP contribution in [0, 0.1) is 5.82 Å². The lowest BCUT2D eigenvalue weighted by molar-refractivity contribution is 0.0770. The van der Waals surface area contributed by atoms with E-state index in [0.29, 0.717) is 31.0 Å². The molecule has 1 unspecified atom stereocenters. The zero-order valence-electron chi connectivity index (χ0n) is 14.9. The van der Waals surface area contributed by atoms with Crippen LogP contribution in [0.5, 0.6) is 11.6 Å². The van der Waals surface area contributed by atoms with E-state index in [0.717, 1.165) is 10.9 Å². The fourth-order valence-corrected chi connectivity index (χ4v) is 3.27. The minimum Gasteiger partial charge on any atom is -0.494 e. The first kappa shape index (κ1) is 17.3. The summed E-state index contributed by atoms with van der Waals surface area (Å²) < 4.78 is 24.7. The molecule has 138 valence electrons. The number of rotatable bonds is 4. The minimum atomic E-state index is -0.546. The molecule has 0 saturated carbocycles. The highest BCUT2D eigenvalue weighted by molar-refractivity contribution is 5.94. The van der Waals surface area contributed by atoms with E-state index in [1.165, 1.54) is 19.2 Å². The van der Waals surface area contributed by atoms with E-state index >= 15 is 0 Å². The lowest BCUT2D eigenvalue weighted by Crippen LogP contribution is -2.31. The number of halogens is 1. The summed E-state index contributed by atoms with van der Waals surface area (Å²) >= 11 is 0. The molecule has 1 aromatic heterocycles. The quantitative estimate of drug-likeness (QED) is 0.707. The highest BCUT2D eigenvalue weighted by Crippen LogP contribution is 2.23. The second-order valence-corrected chi connectivity index (χ2v) is 6.47. The van der Waals surface area contributed by atoms with Gasteiger partial charge in [0.25, 0.3) is 5.91 Å². The SMILES string of the molecule is COc1ccc(C(=O)N2CCC(Oc3ccc4ccccc4n3)C2)cc1F. The monoisotopic (exact) mass is 366 g/mol. The maximum Gasteiger partial charge on any atom is 0.254 e. The molecule has 1 amide bonds. The molecule has 0 bridgehead atoms. The molecule has 5 nitrogen and oxygen atoms in total. The normalized spacial score (nSPS) is 16.5. The zero-order chi connectivity index (χ0) is 18.8. The van der Waals surface area contributed by atoms with Crippen molar-refractivity contribution in [2.75, 3.05) is 20.2 Å². The van der Waals surface area contributed by atoms with Crippen LogP contribution in [0.15, 0.2) is 54.6 Å². The second kappa shape index (κ2) is 7.23. The highest BCUT2D eigenvalue weighted by Gasteiger charge is 2.29. The molecule has 0 radical (unpaired) electrons. The Morgan fingerprint density at radius 1 is 1.19 bits per heavy atom. The molecule has 4 rings (SSSR count). The van der Waals surface area contributed by atoms with Crippen LogP contribution in [0.25, 0.3) is 10.9 Å². The number of hydrogen-bond donors (Lipinski definition) is 0. The van der Waals surface area contributed by atoms with Crippen LogP contribution < -0.4 is 9.47 Å². The van der Waals surface area contributed by atoms with Crippen molar-refractivity contribution in [2.45, 2.75) is 12.5 Å². The van der Waals surface area contributed by atoms with Crippen molar-refractivity contribution in [1.82, 2.24) is 9.88 Å². The molecule has 1 aliphatic rings. The van der Waals surface area contributed by atoms with Crippen LogP contribution in [-0.4, -0.2) is 42.1 Å². The number of carbonyl (C=O) groups excluding carboxylic acids is 1. The van der Waals surface area contributed by atoms with Gasteiger partial charge in [0.05, 0.1) is 19.2 Å². The fraction of sp³-hybridized carbons (Fsp3) is 0.238. The predicted molar refractivity (Wildman–Crippen MR) is 99.6 cm³/mol. The molecule has 27 heavy (non-hydrogen) atoms. The number of nitrogens with zero attached hydrogens (tertiary/aromatic N) is 2. The summed E-state index contributed by atoms with van der Waals surface area (Å²) in [6.07, 6.45) is 0.574. The number of amides is 1. The van der Waals surface area contributed by atoms with Gasteiger partial charge >= 0.3 is 0 Å². The van der Waals surface area contributed by atoms with Gasteiger partial charge in [-0.3, -0.25) is 4.79 Å². The first-order valence-electron chi connectivity index (χ1n) is 8.79. The number of aromatic nitrogens is 1. The van der Waals surface area contributed by atoms with Crippen LogP contribution in [0.3, 0.4) is 0 Å². The van der Waals surface area contributed by atoms with E-state index in [1.807, 2.05) is 36.4 Å². The fourth-order valence-electron chi connectivity index (χ4n) is 3.27. The summed E-state index contributed by atoms with van der Waals surface area (Å²) in [4.78, 5) is 18.8. The number of fused-ring (bicyclic) bond motifs is 1. The third-order valence-electron chi connectivity index (χ3n) is 4.69.